The minimum atomic E-state index is 0.509. The first-order valence-electron chi connectivity index (χ1n) is 5.45. The Bertz CT molecular complexity index is 91.2. The molecule has 0 aromatic heterocycles. The Labute approximate surface area is 77.7 Å². The van der Waals surface area contributed by atoms with Crippen LogP contribution in [0, 0.1) is 11.8 Å². The number of hydrogen-bond acceptors (Lipinski definition) is 1. The second kappa shape index (κ2) is 6.47. The van der Waals surface area contributed by atoms with Crippen LogP contribution >= 0.6 is 0 Å². The van der Waals surface area contributed by atoms with E-state index in [1.165, 1.54) is 25.7 Å². The van der Waals surface area contributed by atoms with Gasteiger partial charge in [-0.25, -0.2) is 0 Å². The first kappa shape index (κ1) is 12.0. The standard InChI is InChI=1S/C9H19N.C2H6/c1-7(2)8-3-5-9(10)6-4-8;1-2/h7-9H,3-6,10H2,1-2H3;1-2H3. The molecule has 0 saturated heterocycles. The Kier molecular flexibility index (Phi) is 6.45. The largest absolute Gasteiger partial charge is 0.328 e. The monoisotopic (exact) mass is 171 g/mol. The molecular weight excluding hydrogens is 146 g/mol. The summed E-state index contributed by atoms with van der Waals surface area (Å²) < 4.78 is 0. The van der Waals surface area contributed by atoms with Crippen LogP contribution < -0.4 is 5.73 Å². The van der Waals surface area contributed by atoms with E-state index in [1.807, 2.05) is 13.8 Å². The van der Waals surface area contributed by atoms with Crippen LogP contribution in [0.5, 0.6) is 0 Å². The molecule has 1 heteroatoms. The summed E-state index contributed by atoms with van der Waals surface area (Å²) >= 11 is 0. The highest BCUT2D eigenvalue weighted by Gasteiger charge is 2.20. The molecule has 0 heterocycles. The molecule has 0 atom stereocenters. The molecule has 0 aromatic rings. The van der Waals surface area contributed by atoms with E-state index in [4.69, 9.17) is 5.73 Å². The molecule has 1 aliphatic rings. The summed E-state index contributed by atoms with van der Waals surface area (Å²) in [5, 5.41) is 0. The summed E-state index contributed by atoms with van der Waals surface area (Å²) in [5.41, 5.74) is 5.80. The van der Waals surface area contributed by atoms with Crippen molar-refractivity contribution in [2.75, 3.05) is 0 Å². The Morgan fingerprint density at radius 3 is 1.75 bits per heavy atom. The van der Waals surface area contributed by atoms with Crippen LogP contribution in [0.25, 0.3) is 0 Å². The highest BCUT2D eigenvalue weighted by molar-refractivity contribution is 4.75. The Hall–Kier alpha value is -0.0400. The van der Waals surface area contributed by atoms with Gasteiger partial charge in [0.15, 0.2) is 0 Å². The predicted molar refractivity (Wildman–Crippen MR) is 56.1 cm³/mol. The molecule has 1 saturated carbocycles. The predicted octanol–water partition coefficient (Wildman–Crippen LogP) is 3.19. The maximum absolute atomic E-state index is 5.80. The maximum atomic E-state index is 5.80. The zero-order valence-corrected chi connectivity index (χ0v) is 9.14. The van der Waals surface area contributed by atoms with Gasteiger partial charge in [-0.3, -0.25) is 0 Å². The lowest BCUT2D eigenvalue weighted by Crippen LogP contribution is -2.28. The summed E-state index contributed by atoms with van der Waals surface area (Å²) in [4.78, 5) is 0. The summed E-state index contributed by atoms with van der Waals surface area (Å²) in [6.07, 6.45) is 5.23. The summed E-state index contributed by atoms with van der Waals surface area (Å²) in [5.74, 6) is 1.83. The van der Waals surface area contributed by atoms with Gasteiger partial charge in [-0.2, -0.15) is 0 Å². The van der Waals surface area contributed by atoms with E-state index >= 15 is 0 Å². The summed E-state index contributed by atoms with van der Waals surface area (Å²) in [7, 11) is 0. The van der Waals surface area contributed by atoms with Gasteiger partial charge in [0.1, 0.15) is 0 Å². The molecule has 0 aliphatic heterocycles. The van der Waals surface area contributed by atoms with Crippen LogP contribution in [0.2, 0.25) is 0 Å². The van der Waals surface area contributed by atoms with Gasteiger partial charge in [-0.15, -0.1) is 0 Å². The first-order chi connectivity index (χ1) is 5.70. The summed E-state index contributed by atoms with van der Waals surface area (Å²) in [6, 6.07) is 0.509. The molecule has 0 amide bonds. The van der Waals surface area contributed by atoms with Crippen LogP contribution in [-0.4, -0.2) is 6.04 Å². The average Bonchev–Trinajstić information content (AvgIpc) is 2.09. The topological polar surface area (TPSA) is 26.0 Å². The molecule has 12 heavy (non-hydrogen) atoms. The number of rotatable bonds is 1. The van der Waals surface area contributed by atoms with Crippen molar-refractivity contribution >= 4 is 0 Å². The molecular formula is C11H25N. The van der Waals surface area contributed by atoms with Gasteiger partial charge in [-0.05, 0) is 37.5 Å². The summed E-state index contributed by atoms with van der Waals surface area (Å²) in [6.45, 7) is 8.64. The lowest BCUT2D eigenvalue weighted by Gasteiger charge is -2.28. The van der Waals surface area contributed by atoms with Gasteiger partial charge in [-0.1, -0.05) is 27.7 Å². The van der Waals surface area contributed by atoms with E-state index in [9.17, 15) is 0 Å². The van der Waals surface area contributed by atoms with E-state index in [1.54, 1.807) is 0 Å². The van der Waals surface area contributed by atoms with Crippen molar-refractivity contribution in [3.8, 4) is 0 Å². The van der Waals surface area contributed by atoms with Crippen molar-refractivity contribution < 1.29 is 0 Å². The van der Waals surface area contributed by atoms with Crippen LogP contribution in [0.3, 0.4) is 0 Å². The maximum Gasteiger partial charge on any atom is 0.00390 e. The first-order valence-corrected chi connectivity index (χ1v) is 5.45. The number of nitrogens with two attached hydrogens (primary N) is 1. The highest BCUT2D eigenvalue weighted by Crippen LogP contribution is 2.28. The quantitative estimate of drug-likeness (QED) is 0.644. The van der Waals surface area contributed by atoms with Gasteiger partial charge in [0.2, 0.25) is 0 Å². The molecule has 1 fully saturated rings. The molecule has 2 N–H and O–H groups in total. The Morgan fingerprint density at radius 1 is 1.00 bits per heavy atom. The van der Waals surface area contributed by atoms with Crippen LogP contribution in [0.4, 0.5) is 0 Å². The Morgan fingerprint density at radius 2 is 1.42 bits per heavy atom. The normalized spacial score (nSPS) is 29.5. The minimum Gasteiger partial charge on any atom is -0.328 e. The molecule has 0 unspecified atom stereocenters. The van der Waals surface area contributed by atoms with E-state index < -0.39 is 0 Å². The molecule has 1 aliphatic carbocycles. The van der Waals surface area contributed by atoms with Crippen LogP contribution in [0.15, 0.2) is 0 Å². The molecule has 1 nitrogen and oxygen atoms in total. The smallest absolute Gasteiger partial charge is 0.00390 e. The fourth-order valence-electron chi connectivity index (χ4n) is 1.81. The van der Waals surface area contributed by atoms with Crippen molar-refractivity contribution in [3.05, 3.63) is 0 Å². The third-order valence-corrected chi connectivity index (χ3v) is 2.76. The van der Waals surface area contributed by atoms with Crippen molar-refractivity contribution in [1.29, 1.82) is 0 Å². The van der Waals surface area contributed by atoms with Gasteiger partial charge in [0, 0.05) is 6.04 Å². The SMILES string of the molecule is CC.CC(C)C1CCC(N)CC1. The fraction of sp³-hybridized carbons (Fsp3) is 1.00. The molecule has 0 spiro atoms. The zero-order valence-electron chi connectivity index (χ0n) is 9.14. The van der Waals surface area contributed by atoms with Gasteiger partial charge in [0.25, 0.3) is 0 Å². The molecule has 0 aromatic carbocycles. The zero-order chi connectivity index (χ0) is 9.56. The van der Waals surface area contributed by atoms with Gasteiger partial charge >= 0.3 is 0 Å². The van der Waals surface area contributed by atoms with E-state index in [0.29, 0.717) is 6.04 Å². The second-order valence-electron chi connectivity index (χ2n) is 3.92. The van der Waals surface area contributed by atoms with E-state index in [-0.39, 0.29) is 0 Å². The number of hydrogen-bond donors (Lipinski definition) is 1. The molecule has 0 bridgehead atoms. The molecule has 1 rings (SSSR count). The van der Waals surface area contributed by atoms with Crippen molar-refractivity contribution in [1.82, 2.24) is 0 Å². The second-order valence-corrected chi connectivity index (χ2v) is 3.92. The van der Waals surface area contributed by atoms with Crippen molar-refractivity contribution in [2.45, 2.75) is 59.4 Å². The van der Waals surface area contributed by atoms with Crippen molar-refractivity contribution in [3.63, 3.8) is 0 Å². The highest BCUT2D eigenvalue weighted by atomic mass is 14.6. The minimum absolute atomic E-state index is 0.509. The third-order valence-electron chi connectivity index (χ3n) is 2.76. The fourth-order valence-corrected chi connectivity index (χ4v) is 1.81. The lowest BCUT2D eigenvalue weighted by molar-refractivity contribution is 0.259. The van der Waals surface area contributed by atoms with E-state index in [0.717, 1.165) is 11.8 Å². The van der Waals surface area contributed by atoms with Gasteiger partial charge in [0.05, 0.1) is 0 Å². The van der Waals surface area contributed by atoms with Gasteiger partial charge < -0.3 is 5.73 Å². The van der Waals surface area contributed by atoms with Crippen molar-refractivity contribution in [2.24, 2.45) is 17.6 Å². The Balaban J connectivity index is 0.000000561. The van der Waals surface area contributed by atoms with Crippen LogP contribution in [-0.2, 0) is 0 Å². The third kappa shape index (κ3) is 4.10. The molecule has 0 radical (unpaired) electrons. The van der Waals surface area contributed by atoms with Crippen LogP contribution in [0.1, 0.15) is 53.4 Å². The van der Waals surface area contributed by atoms with E-state index in [2.05, 4.69) is 13.8 Å². The average molecular weight is 171 g/mol. The lowest BCUT2D eigenvalue weighted by atomic mass is 9.80. The molecule has 74 valence electrons.